The fraction of sp³-hybridized carbons (Fsp3) is 0.231. The minimum Gasteiger partial charge on any atom is -0.399 e. The van der Waals surface area contributed by atoms with E-state index >= 15 is 0 Å². The number of allylic oxidation sites excluding steroid dienone is 3. The molecule has 0 aliphatic carbocycles. The van der Waals surface area contributed by atoms with Crippen molar-refractivity contribution < 1.29 is 0 Å². The van der Waals surface area contributed by atoms with Gasteiger partial charge in [-0.25, -0.2) is 0 Å². The second-order valence-corrected chi connectivity index (χ2v) is 4.27. The normalized spacial score (nSPS) is 12.3. The fourth-order valence-electron chi connectivity index (χ4n) is 1.17. The molecule has 2 heteroatoms. The molecule has 0 bridgehead atoms. The second kappa shape index (κ2) is 6.36. The lowest BCUT2D eigenvalue weighted by atomic mass is 10.2. The Hall–Kier alpha value is -1.15. The van der Waals surface area contributed by atoms with Gasteiger partial charge in [-0.2, -0.15) is 0 Å². The van der Waals surface area contributed by atoms with E-state index in [1.54, 1.807) is 0 Å². The fourth-order valence-corrected chi connectivity index (χ4v) is 2.10. The molecule has 0 spiro atoms. The molecule has 0 fully saturated rings. The van der Waals surface area contributed by atoms with E-state index in [0.717, 1.165) is 11.4 Å². The van der Waals surface area contributed by atoms with E-state index in [9.17, 15) is 0 Å². The van der Waals surface area contributed by atoms with Gasteiger partial charge in [0.25, 0.3) is 0 Å². The van der Waals surface area contributed by atoms with Crippen molar-refractivity contribution in [2.45, 2.75) is 19.6 Å². The molecule has 15 heavy (non-hydrogen) atoms. The number of hydrogen-bond donors (Lipinski definition) is 1. The zero-order chi connectivity index (χ0) is 11.1. The van der Waals surface area contributed by atoms with Gasteiger partial charge >= 0.3 is 0 Å². The summed E-state index contributed by atoms with van der Waals surface area (Å²) in [6, 6.07) is 8.04. The summed E-state index contributed by atoms with van der Waals surface area (Å²) in [4.78, 5) is 1.30. The largest absolute Gasteiger partial charge is 0.399 e. The maximum Gasteiger partial charge on any atom is 0.0314 e. The van der Waals surface area contributed by atoms with Crippen molar-refractivity contribution in [3.05, 3.63) is 53.0 Å². The molecule has 1 aromatic carbocycles. The molecule has 1 rings (SSSR count). The third kappa shape index (κ3) is 4.26. The van der Waals surface area contributed by atoms with Gasteiger partial charge in [0.2, 0.25) is 0 Å². The van der Waals surface area contributed by atoms with Crippen LogP contribution in [0.5, 0.6) is 0 Å². The minimum atomic E-state index is 0.823. The highest BCUT2D eigenvalue weighted by Gasteiger charge is 1.95. The lowest BCUT2D eigenvalue weighted by Crippen LogP contribution is -1.85. The van der Waals surface area contributed by atoms with E-state index < -0.39 is 0 Å². The average molecular weight is 219 g/mol. The van der Waals surface area contributed by atoms with E-state index in [2.05, 4.69) is 37.3 Å². The van der Waals surface area contributed by atoms with Gasteiger partial charge < -0.3 is 5.73 Å². The molecule has 0 saturated heterocycles. The molecule has 0 aliphatic heterocycles. The Morgan fingerprint density at radius 1 is 1.27 bits per heavy atom. The van der Waals surface area contributed by atoms with Crippen LogP contribution in [-0.2, 0) is 5.75 Å². The first-order valence-corrected chi connectivity index (χ1v) is 6.01. The number of nitrogens with two attached hydrogens (primary N) is 1. The van der Waals surface area contributed by atoms with Gasteiger partial charge in [0.15, 0.2) is 0 Å². The predicted molar refractivity (Wildman–Crippen MR) is 70.7 cm³/mol. The molecule has 0 unspecified atom stereocenters. The number of benzene rings is 1. The van der Waals surface area contributed by atoms with Crippen LogP contribution in [0.15, 0.2) is 47.4 Å². The summed E-state index contributed by atoms with van der Waals surface area (Å²) < 4.78 is 0. The molecule has 1 nitrogen and oxygen atoms in total. The second-order valence-electron chi connectivity index (χ2n) is 3.22. The first-order valence-electron chi connectivity index (χ1n) is 5.02. The third-order valence-corrected chi connectivity index (χ3v) is 3.18. The Morgan fingerprint density at radius 3 is 2.47 bits per heavy atom. The van der Waals surface area contributed by atoms with Crippen LogP contribution >= 0.6 is 11.8 Å². The Balaban J connectivity index is 2.53. The quantitative estimate of drug-likeness (QED) is 0.612. The summed E-state index contributed by atoms with van der Waals surface area (Å²) in [6.45, 7) is 4.10. The summed E-state index contributed by atoms with van der Waals surface area (Å²) in [6.07, 6.45) is 6.31. The number of nitrogen functional groups attached to an aromatic ring is 1. The molecule has 1 aromatic rings. The van der Waals surface area contributed by atoms with Crippen molar-refractivity contribution in [1.29, 1.82) is 0 Å². The molecule has 0 aliphatic rings. The van der Waals surface area contributed by atoms with Crippen LogP contribution in [0, 0.1) is 0 Å². The van der Waals surface area contributed by atoms with Crippen LogP contribution in [0.3, 0.4) is 0 Å². The Bertz CT molecular complexity index is 349. The maximum absolute atomic E-state index is 5.63. The molecule has 0 heterocycles. The number of rotatable bonds is 4. The summed E-state index contributed by atoms with van der Waals surface area (Å²) in [7, 11) is 0. The molecule has 0 atom stereocenters. The van der Waals surface area contributed by atoms with Crippen LogP contribution in [-0.4, -0.2) is 0 Å². The van der Waals surface area contributed by atoms with E-state index in [1.165, 1.54) is 10.5 Å². The lowest BCUT2D eigenvalue weighted by Gasteiger charge is -2.02. The van der Waals surface area contributed by atoms with Crippen molar-refractivity contribution in [3.8, 4) is 0 Å². The average Bonchev–Trinajstić information content (AvgIpc) is 2.26. The summed E-state index contributed by atoms with van der Waals surface area (Å²) >= 11 is 1.84. The van der Waals surface area contributed by atoms with Gasteiger partial charge in [-0.3, -0.25) is 0 Å². The lowest BCUT2D eigenvalue weighted by molar-refractivity contribution is 1.42. The summed E-state index contributed by atoms with van der Waals surface area (Å²) in [5.74, 6) is 0.990. The smallest absolute Gasteiger partial charge is 0.0314 e. The minimum absolute atomic E-state index is 0.823. The zero-order valence-electron chi connectivity index (χ0n) is 9.23. The van der Waals surface area contributed by atoms with E-state index in [-0.39, 0.29) is 0 Å². The van der Waals surface area contributed by atoms with Crippen LogP contribution in [0.4, 0.5) is 5.69 Å². The molecule has 80 valence electrons. The maximum atomic E-state index is 5.63. The highest BCUT2D eigenvalue weighted by molar-refractivity contribution is 8.02. The molecule has 0 amide bonds. The standard InChI is InChI=1S/C13H17NS/c1-3-5-13(4-2)15-10-11-6-8-12(14)9-7-11/h3-9H,10,14H2,1-2H3/b5-3-,13-4+. The van der Waals surface area contributed by atoms with Crippen LogP contribution in [0.2, 0.25) is 0 Å². The van der Waals surface area contributed by atoms with Crippen molar-refractivity contribution in [2.75, 3.05) is 5.73 Å². The summed E-state index contributed by atoms with van der Waals surface area (Å²) in [5, 5.41) is 0. The van der Waals surface area contributed by atoms with Crippen molar-refractivity contribution >= 4 is 17.4 Å². The number of anilines is 1. The topological polar surface area (TPSA) is 26.0 Å². The van der Waals surface area contributed by atoms with Crippen LogP contribution in [0.1, 0.15) is 19.4 Å². The first-order chi connectivity index (χ1) is 7.26. The molecule has 0 saturated carbocycles. The zero-order valence-corrected chi connectivity index (χ0v) is 10.1. The van der Waals surface area contributed by atoms with Crippen molar-refractivity contribution in [2.24, 2.45) is 0 Å². The molecular weight excluding hydrogens is 202 g/mol. The molecule has 0 aromatic heterocycles. The van der Waals surface area contributed by atoms with Gasteiger partial charge in [-0.05, 0) is 31.5 Å². The van der Waals surface area contributed by atoms with E-state index in [0.29, 0.717) is 0 Å². The van der Waals surface area contributed by atoms with Crippen LogP contribution in [0.25, 0.3) is 0 Å². The Kier molecular flexibility index (Phi) is 5.05. The highest BCUT2D eigenvalue weighted by Crippen LogP contribution is 2.22. The summed E-state index contributed by atoms with van der Waals surface area (Å²) in [5.41, 5.74) is 7.75. The van der Waals surface area contributed by atoms with Gasteiger partial charge in [0, 0.05) is 16.3 Å². The molecule has 2 N–H and O–H groups in total. The van der Waals surface area contributed by atoms with Crippen molar-refractivity contribution in [3.63, 3.8) is 0 Å². The van der Waals surface area contributed by atoms with E-state index in [4.69, 9.17) is 5.73 Å². The van der Waals surface area contributed by atoms with E-state index in [1.807, 2.05) is 30.8 Å². The number of thioether (sulfide) groups is 1. The Morgan fingerprint density at radius 2 is 1.93 bits per heavy atom. The SMILES string of the molecule is C/C=C\C(=C/C)SCc1ccc(N)cc1. The Labute approximate surface area is 96.1 Å². The van der Waals surface area contributed by atoms with Gasteiger partial charge in [0.1, 0.15) is 0 Å². The van der Waals surface area contributed by atoms with Crippen molar-refractivity contribution in [1.82, 2.24) is 0 Å². The van der Waals surface area contributed by atoms with Gasteiger partial charge in [-0.1, -0.05) is 30.4 Å². The number of hydrogen-bond acceptors (Lipinski definition) is 2. The van der Waals surface area contributed by atoms with Gasteiger partial charge in [0.05, 0.1) is 0 Å². The highest BCUT2D eigenvalue weighted by atomic mass is 32.2. The van der Waals surface area contributed by atoms with Crippen LogP contribution < -0.4 is 5.73 Å². The van der Waals surface area contributed by atoms with Gasteiger partial charge in [-0.15, -0.1) is 11.8 Å². The first kappa shape index (κ1) is 11.9. The third-order valence-electron chi connectivity index (χ3n) is 2.00. The molecule has 0 radical (unpaired) electrons. The monoisotopic (exact) mass is 219 g/mol. The predicted octanol–water partition coefficient (Wildman–Crippen LogP) is 3.98. The molecular formula is C13H17NS.